The molecule has 15 heavy (non-hydrogen) atoms. The summed E-state index contributed by atoms with van der Waals surface area (Å²) < 4.78 is 24.5. The Morgan fingerprint density at radius 1 is 1.40 bits per heavy atom. The molecular weight excluding hydrogens is 198 g/mol. The Balaban J connectivity index is 2.85. The molecule has 0 unspecified atom stereocenters. The molecule has 1 heterocycles. The molecule has 78 valence electrons. The van der Waals surface area contributed by atoms with Gasteiger partial charge in [0.25, 0.3) is 5.69 Å². The molecule has 0 atom stereocenters. The van der Waals surface area contributed by atoms with Crippen LogP contribution in [0.2, 0.25) is 0 Å². The predicted octanol–water partition coefficient (Wildman–Crippen LogP) is 2.62. The number of hydrogen-bond acceptors (Lipinski definition) is 1. The van der Waals surface area contributed by atoms with Crippen LogP contribution in [0.3, 0.4) is 0 Å². The van der Waals surface area contributed by atoms with E-state index in [0.29, 0.717) is 10.5 Å². The van der Waals surface area contributed by atoms with Crippen molar-refractivity contribution in [3.05, 3.63) is 48.3 Å². The summed E-state index contributed by atoms with van der Waals surface area (Å²) in [6.45, 7) is 1.77. The minimum Gasteiger partial charge on any atom is -0.0956 e. The number of allylic oxidation sites excluding steroid dienone is 4. The maximum Gasteiger partial charge on any atom is 0.256 e. The normalized spacial score (nSPS) is 12.9. The van der Waals surface area contributed by atoms with Crippen molar-refractivity contribution in [3.8, 4) is 0 Å². The highest BCUT2D eigenvalue weighted by Crippen LogP contribution is 2.08. The highest BCUT2D eigenvalue weighted by atomic mass is 19.2. The Morgan fingerprint density at radius 3 is 2.87 bits per heavy atom. The Labute approximate surface area is 86.8 Å². The molecule has 2 nitrogen and oxygen atoms in total. The first kappa shape index (κ1) is 11.2. The average molecular weight is 209 g/mol. The van der Waals surface area contributed by atoms with Gasteiger partial charge >= 0.3 is 0 Å². The number of aromatic nitrogens is 1. The van der Waals surface area contributed by atoms with Gasteiger partial charge in [-0.15, -0.1) is 0 Å². The van der Waals surface area contributed by atoms with E-state index in [9.17, 15) is 8.96 Å². The van der Waals surface area contributed by atoms with E-state index in [1.165, 1.54) is 12.3 Å². The van der Waals surface area contributed by atoms with E-state index >= 15 is 0 Å². The predicted molar refractivity (Wildman–Crippen MR) is 55.5 cm³/mol. The second-order valence-electron chi connectivity index (χ2n) is 2.88. The molecule has 4 heteroatoms. The summed E-state index contributed by atoms with van der Waals surface area (Å²) in [7, 11) is 0. The molecule has 0 amide bonds. The van der Waals surface area contributed by atoms with Gasteiger partial charge in [0.1, 0.15) is 0 Å². The van der Waals surface area contributed by atoms with Gasteiger partial charge in [-0.3, -0.25) is 0 Å². The Kier molecular flexibility index (Phi) is 4.34. The third-order valence-electron chi connectivity index (χ3n) is 1.82. The molecule has 0 radical (unpaired) electrons. The smallest absolute Gasteiger partial charge is 0.0956 e. The largest absolute Gasteiger partial charge is 0.256 e. The Morgan fingerprint density at radius 2 is 2.20 bits per heavy atom. The molecule has 0 spiro atoms. The summed E-state index contributed by atoms with van der Waals surface area (Å²) in [5.74, 6) is 0. The van der Waals surface area contributed by atoms with Crippen LogP contribution in [0.25, 0.3) is 5.57 Å². The summed E-state index contributed by atoms with van der Waals surface area (Å²) in [4.78, 5) is 0.531. The molecule has 1 aromatic rings. The monoisotopic (exact) mass is 209 g/mol. The standard InChI is InChI=1S/C11H11F2N2/c1-10(6-2-4-8-14-12)11-7-3-5-9-15(11)13/h2-9H,1H3/q+1/b4-2-,10-6+,14-8+. The fourth-order valence-corrected chi connectivity index (χ4v) is 1.09. The fraction of sp³-hybridized carbons (Fsp3) is 0.0909. The summed E-state index contributed by atoms with van der Waals surface area (Å²) in [5, 5.41) is 2.30. The van der Waals surface area contributed by atoms with Crippen LogP contribution in [-0.2, 0) is 0 Å². The van der Waals surface area contributed by atoms with E-state index < -0.39 is 0 Å². The van der Waals surface area contributed by atoms with Crippen LogP contribution < -0.4 is 4.79 Å². The van der Waals surface area contributed by atoms with Crippen LogP contribution in [-0.4, -0.2) is 6.21 Å². The second kappa shape index (κ2) is 5.80. The van der Waals surface area contributed by atoms with Gasteiger partial charge in [-0.05, 0) is 19.1 Å². The van der Waals surface area contributed by atoms with Gasteiger partial charge in [0.15, 0.2) is 0 Å². The first-order valence-electron chi connectivity index (χ1n) is 4.41. The van der Waals surface area contributed by atoms with Crippen LogP contribution in [0.4, 0.5) is 8.96 Å². The quantitative estimate of drug-likeness (QED) is 0.537. The van der Waals surface area contributed by atoms with Crippen LogP contribution >= 0.6 is 0 Å². The lowest BCUT2D eigenvalue weighted by Gasteiger charge is -1.92. The summed E-state index contributed by atoms with van der Waals surface area (Å²) in [5.41, 5.74) is 1.20. The Bertz CT molecular complexity index is 409. The topological polar surface area (TPSA) is 16.2 Å². The number of pyridine rings is 1. The first-order valence-corrected chi connectivity index (χ1v) is 4.41. The third kappa shape index (κ3) is 3.42. The van der Waals surface area contributed by atoms with Gasteiger partial charge < -0.3 is 0 Å². The molecule has 1 rings (SSSR count). The van der Waals surface area contributed by atoms with E-state index in [-0.39, 0.29) is 0 Å². The SMILES string of the molecule is C\C(=C/C=C\C=N\F)c1cccc[n+]1F. The highest BCUT2D eigenvalue weighted by Gasteiger charge is 2.09. The lowest BCUT2D eigenvalue weighted by molar-refractivity contribution is -0.845. The molecule has 0 saturated heterocycles. The molecule has 1 aromatic heterocycles. The lowest BCUT2D eigenvalue weighted by Crippen LogP contribution is -2.26. The Hall–Kier alpha value is -1.84. The van der Waals surface area contributed by atoms with Crippen molar-refractivity contribution < 1.29 is 13.8 Å². The summed E-state index contributed by atoms with van der Waals surface area (Å²) >= 11 is 0. The summed E-state index contributed by atoms with van der Waals surface area (Å²) in [6, 6.07) is 5.00. The zero-order valence-corrected chi connectivity index (χ0v) is 8.27. The maximum absolute atomic E-state index is 13.2. The fourth-order valence-electron chi connectivity index (χ4n) is 1.09. The summed E-state index contributed by atoms with van der Waals surface area (Å²) in [6.07, 6.45) is 7.02. The van der Waals surface area contributed by atoms with Gasteiger partial charge in [-0.25, -0.2) is 0 Å². The molecule has 0 N–H and O–H groups in total. The lowest BCUT2D eigenvalue weighted by atomic mass is 10.2. The van der Waals surface area contributed by atoms with Crippen molar-refractivity contribution in [1.82, 2.24) is 0 Å². The first-order chi connectivity index (χ1) is 7.25. The molecule has 0 aromatic carbocycles. The molecule has 0 bridgehead atoms. The van der Waals surface area contributed by atoms with Crippen LogP contribution in [0, 0.1) is 0 Å². The molecule has 0 saturated carbocycles. The van der Waals surface area contributed by atoms with Crippen molar-refractivity contribution in [2.45, 2.75) is 6.92 Å². The van der Waals surface area contributed by atoms with E-state index in [0.717, 1.165) is 11.8 Å². The van der Waals surface area contributed by atoms with Crippen molar-refractivity contribution in [3.63, 3.8) is 0 Å². The zero-order chi connectivity index (χ0) is 11.1. The second-order valence-corrected chi connectivity index (χ2v) is 2.88. The molecule has 0 aliphatic carbocycles. The molecule has 0 aliphatic heterocycles. The van der Waals surface area contributed by atoms with Gasteiger partial charge in [-0.1, -0.05) is 21.8 Å². The van der Waals surface area contributed by atoms with Gasteiger partial charge in [0.2, 0.25) is 6.20 Å². The number of rotatable bonds is 3. The van der Waals surface area contributed by atoms with E-state index in [1.54, 1.807) is 37.3 Å². The number of halogens is 2. The van der Waals surface area contributed by atoms with E-state index in [2.05, 4.69) is 5.21 Å². The minimum atomic E-state index is 0.458. The number of hydrogen-bond donors (Lipinski definition) is 0. The van der Waals surface area contributed by atoms with Crippen LogP contribution in [0.15, 0.2) is 47.8 Å². The van der Waals surface area contributed by atoms with Gasteiger partial charge in [-0.2, -0.15) is 0 Å². The van der Waals surface area contributed by atoms with Crippen LogP contribution in [0.1, 0.15) is 12.6 Å². The zero-order valence-electron chi connectivity index (χ0n) is 8.27. The van der Waals surface area contributed by atoms with E-state index in [1.807, 2.05) is 0 Å². The van der Waals surface area contributed by atoms with Crippen LogP contribution in [0.5, 0.6) is 0 Å². The molecule has 0 fully saturated rings. The third-order valence-corrected chi connectivity index (χ3v) is 1.82. The van der Waals surface area contributed by atoms with Crippen molar-refractivity contribution in [2.24, 2.45) is 5.21 Å². The van der Waals surface area contributed by atoms with Crippen molar-refractivity contribution in [1.29, 1.82) is 0 Å². The average Bonchev–Trinajstić information content (AvgIpc) is 2.25. The van der Waals surface area contributed by atoms with E-state index in [4.69, 9.17) is 0 Å². The van der Waals surface area contributed by atoms with Gasteiger partial charge in [0, 0.05) is 22.5 Å². The van der Waals surface area contributed by atoms with Crippen molar-refractivity contribution in [2.75, 3.05) is 0 Å². The van der Waals surface area contributed by atoms with Crippen molar-refractivity contribution >= 4 is 11.8 Å². The molecule has 0 aliphatic rings. The minimum absolute atomic E-state index is 0.458. The maximum atomic E-state index is 13.2. The highest BCUT2D eigenvalue weighted by molar-refractivity contribution is 5.72. The molecular formula is C11H11F2N2+. The number of nitrogens with zero attached hydrogens (tertiary/aromatic N) is 2. The van der Waals surface area contributed by atoms with Gasteiger partial charge in [0.05, 0.1) is 10.7 Å².